The summed E-state index contributed by atoms with van der Waals surface area (Å²) in [5.41, 5.74) is 2.54. The van der Waals surface area contributed by atoms with Gasteiger partial charge in [0.15, 0.2) is 0 Å². The fourth-order valence-corrected chi connectivity index (χ4v) is 2.40. The quantitative estimate of drug-likeness (QED) is 0.734. The second-order valence-electron chi connectivity index (χ2n) is 6.17. The molecule has 5 heteroatoms. The highest BCUT2D eigenvalue weighted by molar-refractivity contribution is 5.98. The SMILES string of the molecule is CCOc1ccccc1C(=O)NCC(=O)OCc1ccc(C(C)C)cc1. The van der Waals surface area contributed by atoms with E-state index in [1.807, 2.05) is 31.2 Å². The maximum absolute atomic E-state index is 12.2. The summed E-state index contributed by atoms with van der Waals surface area (Å²) in [7, 11) is 0. The first-order valence-electron chi connectivity index (χ1n) is 8.75. The van der Waals surface area contributed by atoms with Gasteiger partial charge in [-0.1, -0.05) is 50.2 Å². The lowest BCUT2D eigenvalue weighted by Crippen LogP contribution is -2.30. The first kappa shape index (κ1) is 19.5. The first-order valence-corrected chi connectivity index (χ1v) is 8.75. The van der Waals surface area contributed by atoms with Gasteiger partial charge in [-0.3, -0.25) is 9.59 Å². The summed E-state index contributed by atoms with van der Waals surface area (Å²) < 4.78 is 10.6. The van der Waals surface area contributed by atoms with E-state index in [1.165, 1.54) is 5.56 Å². The third kappa shape index (κ3) is 5.62. The van der Waals surface area contributed by atoms with Gasteiger partial charge in [0, 0.05) is 0 Å². The van der Waals surface area contributed by atoms with Crippen LogP contribution in [0.25, 0.3) is 0 Å². The molecular formula is C21H25NO4. The van der Waals surface area contributed by atoms with Crippen LogP contribution in [0.1, 0.15) is 48.2 Å². The second kappa shape index (κ2) is 9.61. The molecular weight excluding hydrogens is 330 g/mol. The van der Waals surface area contributed by atoms with Gasteiger partial charge in [0.1, 0.15) is 18.9 Å². The molecule has 0 fully saturated rings. The molecule has 0 radical (unpaired) electrons. The number of hydrogen-bond acceptors (Lipinski definition) is 4. The average molecular weight is 355 g/mol. The Kier molecular flexibility index (Phi) is 7.21. The molecule has 0 aliphatic carbocycles. The molecule has 0 unspecified atom stereocenters. The summed E-state index contributed by atoms with van der Waals surface area (Å²) in [5, 5.41) is 2.56. The van der Waals surface area contributed by atoms with Crippen LogP contribution in [0.5, 0.6) is 5.75 Å². The summed E-state index contributed by atoms with van der Waals surface area (Å²) in [4.78, 5) is 24.1. The van der Waals surface area contributed by atoms with Crippen molar-refractivity contribution in [1.82, 2.24) is 5.32 Å². The molecule has 0 aliphatic rings. The predicted octanol–water partition coefficient (Wildman–Crippen LogP) is 3.68. The maximum Gasteiger partial charge on any atom is 0.325 e. The molecule has 0 heterocycles. The fourth-order valence-electron chi connectivity index (χ4n) is 2.40. The highest BCUT2D eigenvalue weighted by atomic mass is 16.5. The van der Waals surface area contributed by atoms with E-state index >= 15 is 0 Å². The summed E-state index contributed by atoms with van der Waals surface area (Å²) in [6.07, 6.45) is 0. The Morgan fingerprint density at radius 1 is 1.04 bits per heavy atom. The molecule has 5 nitrogen and oxygen atoms in total. The van der Waals surface area contributed by atoms with E-state index in [4.69, 9.17) is 9.47 Å². The molecule has 138 valence electrons. The fraction of sp³-hybridized carbons (Fsp3) is 0.333. The van der Waals surface area contributed by atoms with Crippen LogP contribution >= 0.6 is 0 Å². The molecule has 2 aromatic carbocycles. The molecule has 26 heavy (non-hydrogen) atoms. The Labute approximate surface area is 154 Å². The molecule has 1 N–H and O–H groups in total. The predicted molar refractivity (Wildman–Crippen MR) is 100 cm³/mol. The van der Waals surface area contributed by atoms with Crippen LogP contribution < -0.4 is 10.1 Å². The molecule has 0 aromatic heterocycles. The smallest absolute Gasteiger partial charge is 0.325 e. The van der Waals surface area contributed by atoms with Crippen molar-refractivity contribution in [2.24, 2.45) is 0 Å². The van der Waals surface area contributed by atoms with Crippen molar-refractivity contribution in [3.63, 3.8) is 0 Å². The minimum absolute atomic E-state index is 0.183. The zero-order valence-electron chi connectivity index (χ0n) is 15.5. The Balaban J connectivity index is 1.82. The van der Waals surface area contributed by atoms with Gasteiger partial charge in [-0.15, -0.1) is 0 Å². The maximum atomic E-state index is 12.2. The molecule has 0 atom stereocenters. The van der Waals surface area contributed by atoms with Crippen molar-refractivity contribution >= 4 is 11.9 Å². The third-order valence-corrected chi connectivity index (χ3v) is 3.87. The number of amides is 1. The van der Waals surface area contributed by atoms with Crippen LogP contribution in [0.15, 0.2) is 48.5 Å². The number of esters is 1. The Bertz CT molecular complexity index is 738. The van der Waals surface area contributed by atoms with Crippen LogP contribution in [0, 0.1) is 0 Å². The van der Waals surface area contributed by atoms with Crippen molar-refractivity contribution in [1.29, 1.82) is 0 Å². The number of hydrogen-bond donors (Lipinski definition) is 1. The highest BCUT2D eigenvalue weighted by Crippen LogP contribution is 2.17. The lowest BCUT2D eigenvalue weighted by atomic mass is 10.0. The summed E-state index contributed by atoms with van der Waals surface area (Å²) in [6.45, 7) is 6.55. The van der Waals surface area contributed by atoms with Gasteiger partial charge < -0.3 is 14.8 Å². The molecule has 2 rings (SSSR count). The van der Waals surface area contributed by atoms with Gasteiger partial charge in [-0.2, -0.15) is 0 Å². The van der Waals surface area contributed by atoms with E-state index in [-0.39, 0.29) is 19.1 Å². The zero-order valence-corrected chi connectivity index (χ0v) is 15.5. The van der Waals surface area contributed by atoms with Crippen molar-refractivity contribution in [2.75, 3.05) is 13.2 Å². The normalized spacial score (nSPS) is 10.5. The van der Waals surface area contributed by atoms with Crippen molar-refractivity contribution in [3.8, 4) is 5.75 Å². The number of carbonyl (C=O) groups excluding carboxylic acids is 2. The lowest BCUT2D eigenvalue weighted by molar-refractivity contribution is -0.143. The monoisotopic (exact) mass is 355 g/mol. The van der Waals surface area contributed by atoms with Crippen molar-refractivity contribution in [3.05, 3.63) is 65.2 Å². The first-order chi connectivity index (χ1) is 12.5. The molecule has 1 amide bonds. The van der Waals surface area contributed by atoms with E-state index in [9.17, 15) is 9.59 Å². The molecule has 0 saturated heterocycles. The van der Waals surface area contributed by atoms with Gasteiger partial charge in [0.25, 0.3) is 5.91 Å². The topological polar surface area (TPSA) is 64.6 Å². The van der Waals surface area contributed by atoms with Gasteiger partial charge in [-0.25, -0.2) is 0 Å². The van der Waals surface area contributed by atoms with Gasteiger partial charge in [0.2, 0.25) is 0 Å². The van der Waals surface area contributed by atoms with E-state index in [2.05, 4.69) is 19.2 Å². The van der Waals surface area contributed by atoms with Gasteiger partial charge in [0.05, 0.1) is 12.2 Å². The van der Waals surface area contributed by atoms with Gasteiger partial charge >= 0.3 is 5.97 Å². The highest BCUT2D eigenvalue weighted by Gasteiger charge is 2.13. The van der Waals surface area contributed by atoms with E-state index < -0.39 is 5.97 Å². The molecule has 0 spiro atoms. The van der Waals surface area contributed by atoms with E-state index in [1.54, 1.807) is 24.3 Å². The van der Waals surface area contributed by atoms with Crippen LogP contribution in [0.2, 0.25) is 0 Å². The average Bonchev–Trinajstić information content (AvgIpc) is 2.65. The van der Waals surface area contributed by atoms with Crippen LogP contribution in [-0.2, 0) is 16.1 Å². The Morgan fingerprint density at radius 3 is 2.38 bits per heavy atom. The number of rotatable bonds is 8. The van der Waals surface area contributed by atoms with Crippen molar-refractivity contribution in [2.45, 2.75) is 33.3 Å². The number of nitrogens with one attached hydrogen (secondary N) is 1. The third-order valence-electron chi connectivity index (χ3n) is 3.87. The summed E-state index contributed by atoms with van der Waals surface area (Å²) in [6, 6.07) is 14.9. The summed E-state index contributed by atoms with van der Waals surface area (Å²) in [5.74, 6) is 0.0972. The molecule has 0 aliphatic heterocycles. The van der Waals surface area contributed by atoms with Gasteiger partial charge in [-0.05, 0) is 36.1 Å². The van der Waals surface area contributed by atoms with E-state index in [0.29, 0.717) is 23.8 Å². The Morgan fingerprint density at radius 2 is 1.73 bits per heavy atom. The van der Waals surface area contributed by atoms with Crippen LogP contribution in [0.3, 0.4) is 0 Å². The number of carbonyl (C=O) groups is 2. The number of ether oxygens (including phenoxy) is 2. The second-order valence-corrected chi connectivity index (χ2v) is 6.17. The molecule has 0 bridgehead atoms. The standard InChI is InChI=1S/C21H25NO4/c1-4-25-19-8-6-5-7-18(19)21(24)22-13-20(23)26-14-16-9-11-17(12-10-16)15(2)3/h5-12,15H,4,13-14H2,1-3H3,(H,22,24). The number of benzene rings is 2. The zero-order chi connectivity index (χ0) is 18.9. The van der Waals surface area contributed by atoms with Crippen molar-refractivity contribution < 1.29 is 19.1 Å². The Hall–Kier alpha value is -2.82. The van der Waals surface area contributed by atoms with E-state index in [0.717, 1.165) is 5.56 Å². The minimum Gasteiger partial charge on any atom is -0.493 e. The minimum atomic E-state index is -0.486. The van der Waals surface area contributed by atoms with Crippen LogP contribution in [0.4, 0.5) is 0 Å². The molecule has 2 aromatic rings. The largest absolute Gasteiger partial charge is 0.493 e. The molecule has 0 saturated carbocycles. The lowest BCUT2D eigenvalue weighted by Gasteiger charge is -2.11. The number of para-hydroxylation sites is 1. The summed E-state index contributed by atoms with van der Waals surface area (Å²) >= 11 is 0. The van der Waals surface area contributed by atoms with Crippen LogP contribution in [-0.4, -0.2) is 25.0 Å².